The van der Waals surface area contributed by atoms with Gasteiger partial charge in [-0.2, -0.15) is 4.98 Å². The van der Waals surface area contributed by atoms with Crippen LogP contribution in [0.1, 0.15) is 74.1 Å². The van der Waals surface area contributed by atoms with Gasteiger partial charge < -0.3 is 20.3 Å². The maximum Gasteiger partial charge on any atom is 0.251 e. The number of benzene rings is 1. The molecule has 3 aromatic rings. The van der Waals surface area contributed by atoms with Crippen molar-refractivity contribution in [2.75, 3.05) is 17.3 Å². The molecule has 6 rings (SSSR count). The molecule has 2 aromatic heterocycles. The topological polar surface area (TPSA) is 110 Å². The third kappa shape index (κ3) is 3.96. The first-order valence-corrected chi connectivity index (χ1v) is 12.5. The van der Waals surface area contributed by atoms with Crippen molar-refractivity contribution in [1.29, 1.82) is 0 Å². The van der Waals surface area contributed by atoms with Gasteiger partial charge in [-0.15, -0.1) is 10.2 Å². The second-order valence-electron chi connectivity index (χ2n) is 9.52. The molecule has 3 heterocycles. The van der Waals surface area contributed by atoms with E-state index in [2.05, 4.69) is 37.6 Å². The molecule has 0 unspecified atom stereocenters. The minimum absolute atomic E-state index is 0.0788. The Morgan fingerprint density at radius 3 is 2.77 bits per heavy atom. The number of hydrogen-bond donors (Lipinski definition) is 2. The lowest BCUT2D eigenvalue weighted by molar-refractivity contribution is 0.0950. The Labute approximate surface area is 204 Å². The first-order valence-electron chi connectivity index (χ1n) is 12.5. The second-order valence-corrected chi connectivity index (χ2v) is 9.52. The summed E-state index contributed by atoms with van der Waals surface area (Å²) in [5.74, 6) is 2.80. The Hall–Kier alpha value is -3.69. The third-order valence-corrected chi connectivity index (χ3v) is 7.19. The van der Waals surface area contributed by atoms with Crippen molar-refractivity contribution in [2.45, 2.75) is 70.0 Å². The molecule has 3 aliphatic rings. The molecule has 2 aliphatic carbocycles. The van der Waals surface area contributed by atoms with Gasteiger partial charge in [-0.25, -0.2) is 4.98 Å². The van der Waals surface area contributed by atoms with Crippen LogP contribution in [-0.4, -0.2) is 49.8 Å². The van der Waals surface area contributed by atoms with Gasteiger partial charge in [0.2, 0.25) is 5.95 Å². The van der Waals surface area contributed by atoms with E-state index in [1.54, 1.807) is 25.6 Å². The highest BCUT2D eigenvalue weighted by Crippen LogP contribution is 2.43. The van der Waals surface area contributed by atoms with E-state index < -0.39 is 0 Å². The Kier molecular flexibility index (Phi) is 5.50. The molecule has 182 valence electrons. The second kappa shape index (κ2) is 8.83. The van der Waals surface area contributed by atoms with Crippen LogP contribution in [0.5, 0.6) is 5.75 Å². The number of anilines is 3. The van der Waals surface area contributed by atoms with Gasteiger partial charge in [0.1, 0.15) is 17.8 Å². The predicted molar refractivity (Wildman–Crippen MR) is 131 cm³/mol. The molecule has 2 saturated carbocycles. The van der Waals surface area contributed by atoms with Crippen LogP contribution in [0.15, 0.2) is 30.7 Å². The van der Waals surface area contributed by atoms with Gasteiger partial charge in [-0.1, -0.05) is 19.8 Å². The van der Waals surface area contributed by atoms with Crippen molar-refractivity contribution in [3.05, 3.63) is 42.1 Å². The molecule has 1 aliphatic heterocycles. The summed E-state index contributed by atoms with van der Waals surface area (Å²) >= 11 is 0. The maximum absolute atomic E-state index is 12.5. The third-order valence-electron chi connectivity index (χ3n) is 7.19. The quantitative estimate of drug-likeness (QED) is 0.530. The summed E-state index contributed by atoms with van der Waals surface area (Å²) < 4.78 is 7.59. The number of carbonyl (C=O) groups is 1. The number of amides is 1. The molecule has 10 heteroatoms. The van der Waals surface area contributed by atoms with Crippen LogP contribution >= 0.6 is 0 Å². The highest BCUT2D eigenvalue weighted by atomic mass is 16.5. The van der Waals surface area contributed by atoms with Crippen LogP contribution in [-0.2, 0) is 0 Å². The zero-order chi connectivity index (χ0) is 23.9. The molecule has 35 heavy (non-hydrogen) atoms. The summed E-state index contributed by atoms with van der Waals surface area (Å²) in [7, 11) is 1.60. The molecule has 0 bridgehead atoms. The normalized spacial score (nSPS) is 19.3. The molecule has 1 aromatic carbocycles. The highest BCUT2D eigenvalue weighted by Gasteiger charge is 2.38. The van der Waals surface area contributed by atoms with E-state index in [1.807, 2.05) is 16.8 Å². The number of fused-ring (bicyclic) bond motifs is 3. The summed E-state index contributed by atoms with van der Waals surface area (Å²) in [6.07, 6.45) is 11.3. The maximum atomic E-state index is 12.5. The van der Waals surface area contributed by atoms with E-state index >= 15 is 0 Å². The van der Waals surface area contributed by atoms with Gasteiger partial charge in [0.25, 0.3) is 5.91 Å². The molecule has 0 spiro atoms. The van der Waals surface area contributed by atoms with Crippen molar-refractivity contribution >= 4 is 23.4 Å². The van der Waals surface area contributed by atoms with Crippen LogP contribution in [0.2, 0.25) is 0 Å². The van der Waals surface area contributed by atoms with Crippen LogP contribution < -0.4 is 20.3 Å². The molecule has 0 saturated heterocycles. The smallest absolute Gasteiger partial charge is 0.251 e. The Bertz CT molecular complexity index is 1250. The molecule has 1 atom stereocenters. The monoisotopic (exact) mass is 474 g/mol. The number of nitrogens with zero attached hydrogens (tertiary/aromatic N) is 6. The van der Waals surface area contributed by atoms with Crippen LogP contribution in [0.4, 0.5) is 17.5 Å². The van der Waals surface area contributed by atoms with Gasteiger partial charge >= 0.3 is 0 Å². The molecular formula is C25H30N8O2. The largest absolute Gasteiger partial charge is 0.495 e. The van der Waals surface area contributed by atoms with Gasteiger partial charge in [-0.05, 0) is 50.3 Å². The predicted octanol–water partition coefficient (Wildman–Crippen LogP) is 3.92. The number of hydrogen-bond acceptors (Lipinski definition) is 8. The van der Waals surface area contributed by atoms with E-state index in [0.717, 1.165) is 49.4 Å². The van der Waals surface area contributed by atoms with E-state index in [4.69, 9.17) is 9.72 Å². The highest BCUT2D eigenvalue weighted by molar-refractivity contribution is 5.95. The van der Waals surface area contributed by atoms with E-state index in [0.29, 0.717) is 35.0 Å². The van der Waals surface area contributed by atoms with Crippen LogP contribution in [0.25, 0.3) is 5.69 Å². The summed E-state index contributed by atoms with van der Waals surface area (Å²) in [5, 5.41) is 14.9. The first kappa shape index (κ1) is 21.8. The summed E-state index contributed by atoms with van der Waals surface area (Å²) in [6.45, 7) is 2.18. The fourth-order valence-corrected chi connectivity index (χ4v) is 5.26. The molecular weight excluding hydrogens is 444 g/mol. The molecule has 1 amide bonds. The van der Waals surface area contributed by atoms with Crippen molar-refractivity contribution in [3.63, 3.8) is 0 Å². The minimum atomic E-state index is -0.0788. The number of carbonyl (C=O) groups excluding carboxylic acids is 1. The first-order chi connectivity index (χ1) is 17.2. The number of methoxy groups -OCH3 is 1. The SMILES string of the molecule is CC[C@@H]1c2nncn2-c2cnc(Nc3ccc(C(=O)NC4CC4)cc3OC)nc2N1C1CCCC1. The zero-order valence-corrected chi connectivity index (χ0v) is 20.1. The molecule has 2 N–H and O–H groups in total. The molecule has 0 radical (unpaired) electrons. The lowest BCUT2D eigenvalue weighted by Gasteiger charge is -2.40. The summed E-state index contributed by atoms with van der Waals surface area (Å²) in [6, 6.07) is 6.23. The summed E-state index contributed by atoms with van der Waals surface area (Å²) in [4.78, 5) is 24.5. The fraction of sp³-hybridized carbons (Fsp3) is 0.480. The van der Waals surface area contributed by atoms with Crippen molar-refractivity contribution in [3.8, 4) is 11.4 Å². The van der Waals surface area contributed by atoms with Crippen LogP contribution in [0, 0.1) is 0 Å². The lowest BCUT2D eigenvalue weighted by atomic mass is 10.0. The van der Waals surface area contributed by atoms with Crippen molar-refractivity contribution in [1.82, 2.24) is 30.0 Å². The van der Waals surface area contributed by atoms with Crippen molar-refractivity contribution in [2.24, 2.45) is 0 Å². The number of rotatable bonds is 7. The van der Waals surface area contributed by atoms with Crippen LogP contribution in [0.3, 0.4) is 0 Å². The van der Waals surface area contributed by atoms with Gasteiger partial charge in [0, 0.05) is 17.6 Å². The lowest BCUT2D eigenvalue weighted by Crippen LogP contribution is -2.42. The minimum Gasteiger partial charge on any atom is -0.495 e. The molecule has 2 fully saturated rings. The van der Waals surface area contributed by atoms with Crippen molar-refractivity contribution < 1.29 is 9.53 Å². The van der Waals surface area contributed by atoms with E-state index in [1.165, 1.54) is 12.8 Å². The molecule has 10 nitrogen and oxygen atoms in total. The van der Waals surface area contributed by atoms with Gasteiger partial charge in [-0.3, -0.25) is 9.36 Å². The van der Waals surface area contributed by atoms with E-state index in [-0.39, 0.29) is 11.9 Å². The average Bonchev–Trinajstić information content (AvgIpc) is 3.32. The van der Waals surface area contributed by atoms with Gasteiger partial charge in [0.05, 0.1) is 25.0 Å². The van der Waals surface area contributed by atoms with E-state index in [9.17, 15) is 4.79 Å². The Balaban J connectivity index is 1.34. The summed E-state index contributed by atoms with van der Waals surface area (Å²) in [5.41, 5.74) is 2.17. The zero-order valence-electron chi connectivity index (χ0n) is 20.1. The fourth-order valence-electron chi connectivity index (χ4n) is 5.26. The Morgan fingerprint density at radius 1 is 1.20 bits per heavy atom. The van der Waals surface area contributed by atoms with Gasteiger partial charge in [0.15, 0.2) is 11.6 Å². The standard InChI is InChI=1S/C25H30N8O2/c1-3-19-23-31-27-14-32(23)20-13-26-25(30-22(20)33(19)17-6-4-5-7-17)29-18-11-8-15(12-21(18)35-2)24(34)28-16-9-10-16/h8,11-14,16-17,19H,3-7,9-10H2,1-2H3,(H,28,34)(H,26,29,30)/t19-/m1/s1. The Morgan fingerprint density at radius 2 is 2.03 bits per heavy atom. The number of nitrogens with one attached hydrogen (secondary N) is 2. The average molecular weight is 475 g/mol. The number of aromatic nitrogens is 5. The number of ether oxygens (including phenoxy) is 1.